The van der Waals surface area contributed by atoms with Gasteiger partial charge in [-0.15, -0.1) is 0 Å². The van der Waals surface area contributed by atoms with Gasteiger partial charge >= 0.3 is 0 Å². The number of carbonyl (C=O) groups is 1. The van der Waals surface area contributed by atoms with Gasteiger partial charge in [-0.3, -0.25) is 9.98 Å². The van der Waals surface area contributed by atoms with Gasteiger partial charge in [0.2, 0.25) is 0 Å². The van der Waals surface area contributed by atoms with Gasteiger partial charge in [0, 0.05) is 31.3 Å². The second-order valence-corrected chi connectivity index (χ2v) is 8.58. The van der Waals surface area contributed by atoms with Crippen molar-refractivity contribution in [3.05, 3.63) is 42.5 Å². The van der Waals surface area contributed by atoms with Crippen LogP contribution in [0.3, 0.4) is 0 Å². The number of carbonyl (C=O) groups excluding carboxylic acids is 1. The van der Waals surface area contributed by atoms with Crippen molar-refractivity contribution < 1.29 is 18.3 Å². The summed E-state index contributed by atoms with van der Waals surface area (Å²) in [5.41, 5.74) is 0. The Labute approximate surface area is 169 Å². The lowest BCUT2D eigenvalue weighted by molar-refractivity contribution is -0.301. The number of aliphatic imine (C=N–C) groups is 2. The molecule has 0 aliphatic carbocycles. The van der Waals surface area contributed by atoms with Crippen LogP contribution in [0.2, 0.25) is 0 Å². The van der Waals surface area contributed by atoms with E-state index >= 15 is 0 Å². The number of nitrogens with one attached hydrogen (secondary N) is 2. The number of fused-ring (bicyclic) bond motifs is 1. The topological polar surface area (TPSA) is 123 Å². The lowest BCUT2D eigenvalue weighted by Crippen LogP contribution is -2.30. The number of carboxylic acid groups (broad SMARTS) is 1. The van der Waals surface area contributed by atoms with E-state index in [0.717, 1.165) is 56.1 Å². The van der Waals surface area contributed by atoms with Crippen LogP contribution in [0.5, 0.6) is 0 Å². The normalized spacial score (nSPS) is 15.6. The molecule has 2 aromatic carbocycles. The highest BCUT2D eigenvalue weighted by Crippen LogP contribution is 2.23. The fraction of sp³-hybridized carbons (Fsp3) is 0.350. The van der Waals surface area contributed by atoms with Crippen molar-refractivity contribution in [2.24, 2.45) is 9.98 Å². The molecule has 0 atom stereocenters. The molecule has 154 valence electrons. The van der Waals surface area contributed by atoms with E-state index in [2.05, 4.69) is 20.6 Å². The van der Waals surface area contributed by atoms with Crippen molar-refractivity contribution in [2.45, 2.75) is 17.7 Å². The van der Waals surface area contributed by atoms with E-state index in [0.29, 0.717) is 5.39 Å². The maximum atomic E-state index is 11.8. The van der Waals surface area contributed by atoms with Crippen molar-refractivity contribution in [3.8, 4) is 0 Å². The molecule has 0 spiro atoms. The third kappa shape index (κ3) is 5.77. The molecule has 2 aliphatic rings. The molecule has 0 amide bonds. The third-order valence-corrected chi connectivity index (χ3v) is 6.12. The van der Waals surface area contributed by atoms with E-state index in [1.54, 1.807) is 36.4 Å². The zero-order valence-electron chi connectivity index (χ0n) is 15.9. The van der Waals surface area contributed by atoms with E-state index in [1.165, 1.54) is 6.07 Å². The lowest BCUT2D eigenvalue weighted by atomic mass is 10.1. The number of rotatable bonds is 6. The standard InChI is InChI=1S/C12H10O4S.C8H14N4/c13-12(14)8-17(15,16)11-7-3-5-9-4-1-2-6-10(9)11;1(7-9-3-4-10-7)2-8-11-5-6-12-8/h1-7H,8H2,(H,13,14);1-6H2,(H,9,10)(H,11,12)/p-1. The molecule has 0 saturated heterocycles. The maximum absolute atomic E-state index is 11.8. The van der Waals surface area contributed by atoms with Gasteiger partial charge in [0.1, 0.15) is 0 Å². The predicted molar refractivity (Wildman–Crippen MR) is 111 cm³/mol. The van der Waals surface area contributed by atoms with Crippen LogP contribution in [0.25, 0.3) is 10.8 Å². The molecule has 2 aliphatic heterocycles. The molecule has 0 unspecified atom stereocenters. The first-order valence-electron chi connectivity index (χ1n) is 9.40. The number of hydrogen-bond acceptors (Lipinski definition) is 8. The fourth-order valence-corrected chi connectivity index (χ4v) is 4.44. The van der Waals surface area contributed by atoms with Crippen molar-refractivity contribution in [2.75, 3.05) is 31.9 Å². The summed E-state index contributed by atoms with van der Waals surface area (Å²) in [5, 5.41) is 18.2. The summed E-state index contributed by atoms with van der Waals surface area (Å²) in [6.45, 7) is 3.90. The molecule has 0 bridgehead atoms. The second-order valence-electron chi connectivity index (χ2n) is 6.62. The van der Waals surface area contributed by atoms with E-state index in [-0.39, 0.29) is 4.90 Å². The van der Waals surface area contributed by atoms with Crippen molar-refractivity contribution in [1.29, 1.82) is 0 Å². The van der Waals surface area contributed by atoms with Gasteiger partial charge in [-0.2, -0.15) is 0 Å². The van der Waals surface area contributed by atoms with Crippen LogP contribution < -0.4 is 15.7 Å². The third-order valence-electron chi connectivity index (χ3n) is 4.48. The largest absolute Gasteiger partial charge is 0.549 e. The SMILES string of the molecule is C1CNC(CCC2=NCCN2)=N1.O=C([O-])CS(=O)(=O)c1cccc2ccccc12. The molecule has 29 heavy (non-hydrogen) atoms. The Hall–Kier alpha value is -2.94. The van der Waals surface area contributed by atoms with Gasteiger partial charge in [-0.25, -0.2) is 8.42 Å². The van der Waals surface area contributed by atoms with Gasteiger partial charge in [0.25, 0.3) is 0 Å². The Morgan fingerprint density at radius 3 is 2.07 bits per heavy atom. The quantitative estimate of drug-likeness (QED) is 0.692. The minimum absolute atomic E-state index is 0.0276. The molecular formula is C20H23N4O4S-. The summed E-state index contributed by atoms with van der Waals surface area (Å²) in [5.74, 6) is -0.309. The zero-order valence-corrected chi connectivity index (χ0v) is 16.7. The highest BCUT2D eigenvalue weighted by molar-refractivity contribution is 7.92. The summed E-state index contributed by atoms with van der Waals surface area (Å²) < 4.78 is 23.7. The summed E-state index contributed by atoms with van der Waals surface area (Å²) in [4.78, 5) is 19.1. The van der Waals surface area contributed by atoms with Gasteiger partial charge < -0.3 is 20.5 Å². The molecule has 2 N–H and O–H groups in total. The molecule has 0 saturated carbocycles. The van der Waals surface area contributed by atoms with Crippen LogP contribution >= 0.6 is 0 Å². The summed E-state index contributed by atoms with van der Waals surface area (Å²) in [7, 11) is -3.85. The zero-order chi connectivity index (χ0) is 20.7. The van der Waals surface area contributed by atoms with Crippen LogP contribution in [-0.4, -0.2) is 58.0 Å². The van der Waals surface area contributed by atoms with Gasteiger partial charge in [0.15, 0.2) is 9.84 Å². The number of sulfone groups is 1. The number of benzene rings is 2. The Balaban J connectivity index is 0.000000176. The van der Waals surface area contributed by atoms with Gasteiger partial charge in [-0.05, 0) is 11.5 Å². The summed E-state index contributed by atoms with van der Waals surface area (Å²) in [6, 6.07) is 11.7. The number of aliphatic carboxylic acids is 1. The van der Waals surface area contributed by atoms with Crippen LogP contribution in [-0.2, 0) is 14.6 Å². The number of carboxylic acids is 1. The Kier molecular flexibility index (Phi) is 6.82. The van der Waals surface area contributed by atoms with Crippen molar-refractivity contribution in [3.63, 3.8) is 0 Å². The fourth-order valence-electron chi connectivity index (χ4n) is 3.17. The van der Waals surface area contributed by atoms with Gasteiger partial charge in [0.05, 0.1) is 41.4 Å². The monoisotopic (exact) mass is 415 g/mol. The lowest BCUT2D eigenvalue weighted by Gasteiger charge is -2.08. The highest BCUT2D eigenvalue weighted by Gasteiger charge is 2.17. The second kappa shape index (κ2) is 9.51. The summed E-state index contributed by atoms with van der Waals surface area (Å²) >= 11 is 0. The summed E-state index contributed by atoms with van der Waals surface area (Å²) in [6.07, 6.45) is 2.01. The molecule has 8 nitrogen and oxygen atoms in total. The van der Waals surface area contributed by atoms with E-state index in [9.17, 15) is 18.3 Å². The molecular weight excluding hydrogens is 392 g/mol. The van der Waals surface area contributed by atoms with Crippen LogP contribution in [0.4, 0.5) is 0 Å². The smallest absolute Gasteiger partial charge is 0.184 e. The Morgan fingerprint density at radius 2 is 1.52 bits per heavy atom. The van der Waals surface area contributed by atoms with Crippen molar-refractivity contribution in [1.82, 2.24) is 10.6 Å². The Bertz CT molecular complexity index is 1020. The van der Waals surface area contributed by atoms with Crippen molar-refractivity contribution >= 4 is 38.3 Å². The van der Waals surface area contributed by atoms with Crippen LogP contribution in [0, 0.1) is 0 Å². The van der Waals surface area contributed by atoms with Crippen LogP contribution in [0.15, 0.2) is 57.3 Å². The van der Waals surface area contributed by atoms with Gasteiger partial charge in [-0.1, -0.05) is 36.4 Å². The molecule has 0 radical (unpaired) electrons. The molecule has 0 aromatic heterocycles. The molecule has 4 rings (SSSR count). The first kappa shape index (κ1) is 20.8. The predicted octanol–water partition coefficient (Wildman–Crippen LogP) is 0.133. The van der Waals surface area contributed by atoms with E-state index < -0.39 is 21.6 Å². The molecule has 2 aromatic rings. The number of amidine groups is 2. The molecule has 2 heterocycles. The first-order chi connectivity index (χ1) is 14.0. The first-order valence-corrected chi connectivity index (χ1v) is 11.1. The van der Waals surface area contributed by atoms with E-state index in [1.807, 2.05) is 0 Å². The molecule has 0 fully saturated rings. The maximum Gasteiger partial charge on any atom is 0.184 e. The number of hydrogen-bond donors (Lipinski definition) is 2. The average Bonchev–Trinajstić information content (AvgIpc) is 3.39. The average molecular weight is 415 g/mol. The minimum atomic E-state index is -3.85. The molecule has 9 heteroatoms. The Morgan fingerprint density at radius 1 is 0.931 bits per heavy atom. The van der Waals surface area contributed by atoms with E-state index in [4.69, 9.17) is 0 Å². The minimum Gasteiger partial charge on any atom is -0.549 e. The number of nitrogens with zero attached hydrogens (tertiary/aromatic N) is 2. The highest BCUT2D eigenvalue weighted by atomic mass is 32.2. The van der Waals surface area contributed by atoms with Crippen LogP contribution in [0.1, 0.15) is 12.8 Å².